The summed E-state index contributed by atoms with van der Waals surface area (Å²) in [6.07, 6.45) is 1.86. The second kappa shape index (κ2) is 5.36. The minimum Gasteiger partial charge on any atom is -0.305 e. The number of aromatic nitrogens is 2. The van der Waals surface area contributed by atoms with Gasteiger partial charge in [0.15, 0.2) is 5.52 Å². The number of hydrogen-bond donors (Lipinski definition) is 0. The molecular weight excluding hydrogens is 292 g/mol. The average Bonchev–Trinajstić information content (AvgIpc) is 2.95. The molecular formula is C13H18N4O3S. The Kier molecular flexibility index (Phi) is 3.68. The number of piperidine rings is 1. The summed E-state index contributed by atoms with van der Waals surface area (Å²) in [6, 6.07) is 5.14. The molecule has 21 heavy (non-hydrogen) atoms. The van der Waals surface area contributed by atoms with Crippen LogP contribution in [-0.2, 0) is 10.0 Å². The van der Waals surface area contributed by atoms with E-state index < -0.39 is 10.0 Å². The smallest absolute Gasteiger partial charge is 0.245 e. The summed E-state index contributed by atoms with van der Waals surface area (Å²) < 4.78 is 31.9. The van der Waals surface area contributed by atoms with Crippen LogP contribution in [0.25, 0.3) is 11.0 Å². The van der Waals surface area contributed by atoms with E-state index in [1.165, 1.54) is 4.31 Å². The highest BCUT2D eigenvalue weighted by molar-refractivity contribution is 7.89. The summed E-state index contributed by atoms with van der Waals surface area (Å²) >= 11 is 0. The number of rotatable bonds is 3. The van der Waals surface area contributed by atoms with E-state index in [0.717, 1.165) is 12.8 Å². The van der Waals surface area contributed by atoms with Gasteiger partial charge in [0, 0.05) is 19.1 Å². The topological polar surface area (TPSA) is 79.5 Å². The standard InChI is InChI=1S/C13H18N4O3S/c1-16(2)10-5-4-8-17(9-10)21(18,19)12-7-3-6-11-13(12)15-20-14-11/h3,6-7,10H,4-5,8-9H2,1-2H3/t10-/m1/s1. The van der Waals surface area contributed by atoms with Crippen molar-refractivity contribution in [3.8, 4) is 0 Å². The van der Waals surface area contributed by atoms with Crippen molar-refractivity contribution >= 4 is 21.1 Å². The molecule has 0 radical (unpaired) electrons. The summed E-state index contributed by atoms with van der Waals surface area (Å²) in [5.41, 5.74) is 0.752. The highest BCUT2D eigenvalue weighted by atomic mass is 32.2. The van der Waals surface area contributed by atoms with Crippen LogP contribution >= 0.6 is 0 Å². The van der Waals surface area contributed by atoms with E-state index >= 15 is 0 Å². The summed E-state index contributed by atoms with van der Waals surface area (Å²) in [7, 11) is 0.370. The minimum atomic E-state index is -3.58. The second-order valence-corrected chi connectivity index (χ2v) is 7.42. The third-order valence-electron chi connectivity index (χ3n) is 3.96. The third-order valence-corrected chi connectivity index (χ3v) is 5.85. The SMILES string of the molecule is CN(C)[C@@H]1CCCN(S(=O)(=O)c2cccc3nonc23)C1. The first-order valence-electron chi connectivity index (χ1n) is 6.88. The maximum atomic E-state index is 12.9. The Hall–Kier alpha value is -1.51. The fourth-order valence-electron chi connectivity index (χ4n) is 2.69. The van der Waals surface area contributed by atoms with Gasteiger partial charge in [0.2, 0.25) is 10.0 Å². The molecule has 1 aromatic carbocycles. The third kappa shape index (κ3) is 2.54. The Labute approximate surface area is 123 Å². The molecule has 0 N–H and O–H groups in total. The summed E-state index contributed by atoms with van der Waals surface area (Å²) in [5, 5.41) is 7.44. The highest BCUT2D eigenvalue weighted by Gasteiger charge is 2.32. The molecule has 2 heterocycles. The lowest BCUT2D eigenvalue weighted by molar-refractivity contribution is 0.190. The molecule has 0 aliphatic carbocycles. The van der Waals surface area contributed by atoms with Crippen LogP contribution in [0.1, 0.15) is 12.8 Å². The van der Waals surface area contributed by atoms with Crippen molar-refractivity contribution in [2.45, 2.75) is 23.8 Å². The van der Waals surface area contributed by atoms with E-state index in [4.69, 9.17) is 0 Å². The molecule has 1 aliphatic rings. The molecule has 0 unspecified atom stereocenters. The largest absolute Gasteiger partial charge is 0.305 e. The molecule has 1 atom stereocenters. The van der Waals surface area contributed by atoms with Crippen molar-refractivity contribution in [1.29, 1.82) is 0 Å². The fourth-order valence-corrected chi connectivity index (χ4v) is 4.34. The molecule has 1 saturated heterocycles. The summed E-state index contributed by atoms with van der Waals surface area (Å²) in [4.78, 5) is 2.24. The number of sulfonamides is 1. The van der Waals surface area contributed by atoms with Crippen LogP contribution in [0.5, 0.6) is 0 Å². The van der Waals surface area contributed by atoms with Crippen molar-refractivity contribution in [2.24, 2.45) is 0 Å². The molecule has 114 valence electrons. The minimum absolute atomic E-state index is 0.167. The van der Waals surface area contributed by atoms with E-state index in [1.54, 1.807) is 18.2 Å². The van der Waals surface area contributed by atoms with Crippen LogP contribution < -0.4 is 0 Å². The number of likely N-dealkylation sites (N-methyl/N-ethyl adjacent to an activating group) is 1. The Balaban J connectivity index is 1.98. The highest BCUT2D eigenvalue weighted by Crippen LogP contribution is 2.26. The predicted molar refractivity (Wildman–Crippen MR) is 77.3 cm³/mol. The average molecular weight is 310 g/mol. The number of nitrogens with zero attached hydrogens (tertiary/aromatic N) is 4. The van der Waals surface area contributed by atoms with Gasteiger partial charge in [-0.25, -0.2) is 13.0 Å². The Bertz CT molecular complexity index is 741. The summed E-state index contributed by atoms with van der Waals surface area (Å²) in [6.45, 7) is 1.03. The Morgan fingerprint density at radius 3 is 2.90 bits per heavy atom. The fraction of sp³-hybridized carbons (Fsp3) is 0.538. The van der Waals surface area contributed by atoms with Crippen LogP contribution in [0.15, 0.2) is 27.7 Å². The predicted octanol–water partition coefficient (Wildman–Crippen LogP) is 0.937. The lowest BCUT2D eigenvalue weighted by Gasteiger charge is -2.35. The van der Waals surface area contributed by atoms with Gasteiger partial charge in [0.05, 0.1) is 0 Å². The van der Waals surface area contributed by atoms with Gasteiger partial charge in [0.1, 0.15) is 10.4 Å². The molecule has 1 aromatic heterocycles. The molecule has 2 aromatic rings. The first-order valence-corrected chi connectivity index (χ1v) is 8.32. The van der Waals surface area contributed by atoms with Gasteiger partial charge >= 0.3 is 0 Å². The molecule has 0 amide bonds. The van der Waals surface area contributed by atoms with E-state index in [2.05, 4.69) is 19.8 Å². The molecule has 0 saturated carbocycles. The lowest BCUT2D eigenvalue weighted by Crippen LogP contribution is -2.47. The van der Waals surface area contributed by atoms with Gasteiger partial charge in [-0.1, -0.05) is 6.07 Å². The quantitative estimate of drug-likeness (QED) is 0.839. The Morgan fingerprint density at radius 2 is 2.14 bits per heavy atom. The number of benzene rings is 1. The van der Waals surface area contributed by atoms with Gasteiger partial charge < -0.3 is 4.90 Å². The van der Waals surface area contributed by atoms with Crippen molar-refractivity contribution in [3.05, 3.63) is 18.2 Å². The van der Waals surface area contributed by atoms with E-state index in [-0.39, 0.29) is 10.9 Å². The maximum Gasteiger partial charge on any atom is 0.245 e. The molecule has 7 nitrogen and oxygen atoms in total. The van der Waals surface area contributed by atoms with Crippen molar-refractivity contribution < 1.29 is 13.0 Å². The zero-order valence-electron chi connectivity index (χ0n) is 12.1. The lowest BCUT2D eigenvalue weighted by atomic mass is 10.1. The van der Waals surface area contributed by atoms with Gasteiger partial charge in [-0.15, -0.1) is 0 Å². The van der Waals surface area contributed by atoms with Gasteiger partial charge in [-0.2, -0.15) is 4.31 Å². The van der Waals surface area contributed by atoms with Crippen molar-refractivity contribution in [3.63, 3.8) is 0 Å². The zero-order valence-corrected chi connectivity index (χ0v) is 12.9. The van der Waals surface area contributed by atoms with Crippen LogP contribution in [0.4, 0.5) is 0 Å². The van der Waals surface area contributed by atoms with E-state index in [1.807, 2.05) is 14.1 Å². The van der Waals surface area contributed by atoms with Crippen LogP contribution in [-0.4, -0.2) is 61.2 Å². The Morgan fingerprint density at radius 1 is 1.33 bits per heavy atom. The number of fused-ring (bicyclic) bond motifs is 1. The van der Waals surface area contributed by atoms with Crippen molar-refractivity contribution in [2.75, 3.05) is 27.2 Å². The van der Waals surface area contributed by atoms with Gasteiger partial charge in [-0.05, 0) is 49.4 Å². The first-order chi connectivity index (χ1) is 10.00. The molecule has 0 bridgehead atoms. The van der Waals surface area contributed by atoms with Crippen LogP contribution in [0, 0.1) is 0 Å². The first kappa shape index (κ1) is 14.4. The van der Waals surface area contributed by atoms with E-state index in [9.17, 15) is 8.42 Å². The molecule has 3 rings (SSSR count). The molecule has 1 aliphatic heterocycles. The zero-order chi connectivity index (χ0) is 15.0. The van der Waals surface area contributed by atoms with Crippen LogP contribution in [0.2, 0.25) is 0 Å². The monoisotopic (exact) mass is 310 g/mol. The van der Waals surface area contributed by atoms with Crippen molar-refractivity contribution in [1.82, 2.24) is 19.5 Å². The van der Waals surface area contributed by atoms with E-state index in [0.29, 0.717) is 24.1 Å². The maximum absolute atomic E-state index is 12.9. The van der Waals surface area contributed by atoms with Gasteiger partial charge in [0.25, 0.3) is 0 Å². The van der Waals surface area contributed by atoms with Gasteiger partial charge in [-0.3, -0.25) is 0 Å². The number of hydrogen-bond acceptors (Lipinski definition) is 6. The summed E-state index contributed by atoms with van der Waals surface area (Å²) in [5.74, 6) is 0. The van der Waals surface area contributed by atoms with Crippen LogP contribution in [0.3, 0.4) is 0 Å². The molecule has 8 heteroatoms. The molecule has 1 fully saturated rings. The second-order valence-electron chi connectivity index (χ2n) is 5.51. The molecule has 0 spiro atoms. The normalized spacial score (nSPS) is 21.2.